The molecule has 51 valence electrons. The molecule has 0 N–H and O–H groups in total. The number of ether oxygens (including phenoxy) is 1. The van der Waals surface area contributed by atoms with E-state index in [1.165, 1.54) is 5.56 Å². The van der Waals surface area contributed by atoms with Crippen LogP contribution in [0.15, 0.2) is 24.3 Å². The quantitative estimate of drug-likeness (QED) is 0.522. The maximum Gasteiger partial charge on any atom is 0.154 e. The van der Waals surface area contributed by atoms with Gasteiger partial charge in [0.2, 0.25) is 0 Å². The summed E-state index contributed by atoms with van der Waals surface area (Å²) in [5.41, 5.74) is 1.19. The van der Waals surface area contributed by atoms with Crippen LogP contribution < -0.4 is 10.1 Å². The van der Waals surface area contributed by atoms with Gasteiger partial charge in [0, 0.05) is 12.1 Å². The number of rotatable bonds is 0. The molecule has 1 aliphatic rings. The van der Waals surface area contributed by atoms with Gasteiger partial charge in [0.25, 0.3) is 0 Å². The summed E-state index contributed by atoms with van der Waals surface area (Å²) in [6.45, 7) is 1.31. The number of fused-ring (bicyclic) bond motifs is 1. The Labute approximate surface area is 59.8 Å². The Balaban J connectivity index is 2.41. The summed E-state index contributed by atoms with van der Waals surface area (Å²) in [6, 6.07) is 8.00. The summed E-state index contributed by atoms with van der Waals surface area (Å²) < 4.78 is 5.26. The number of benzene rings is 1. The van der Waals surface area contributed by atoms with E-state index in [0.717, 1.165) is 12.3 Å². The molecule has 0 aromatic heterocycles. The Bertz CT molecular complexity index is 209. The van der Waals surface area contributed by atoms with Crippen LogP contribution in [0.3, 0.4) is 0 Å². The third-order valence-electron chi connectivity index (χ3n) is 1.57. The monoisotopic (exact) mass is 134 g/mol. The van der Waals surface area contributed by atoms with Gasteiger partial charge in [-0.2, -0.15) is 5.32 Å². The molecule has 0 fully saturated rings. The van der Waals surface area contributed by atoms with E-state index in [4.69, 9.17) is 4.74 Å². The lowest BCUT2D eigenvalue weighted by Gasteiger charge is -2.15. The second-order valence-electron chi connectivity index (χ2n) is 2.26. The van der Waals surface area contributed by atoms with Gasteiger partial charge >= 0.3 is 0 Å². The van der Waals surface area contributed by atoms with Gasteiger partial charge in [0.05, 0.1) is 0 Å². The highest BCUT2D eigenvalue weighted by Gasteiger charge is 2.07. The molecule has 10 heavy (non-hydrogen) atoms. The van der Waals surface area contributed by atoms with Crippen LogP contribution in [0.1, 0.15) is 5.56 Å². The predicted molar refractivity (Wildman–Crippen MR) is 37.8 cm³/mol. The summed E-state index contributed by atoms with van der Waals surface area (Å²) in [6.07, 6.45) is 0. The van der Waals surface area contributed by atoms with Gasteiger partial charge in [-0.05, 0) is 6.07 Å². The average molecular weight is 134 g/mol. The van der Waals surface area contributed by atoms with E-state index in [1.54, 1.807) is 0 Å². The van der Waals surface area contributed by atoms with Crippen molar-refractivity contribution in [3.8, 4) is 5.75 Å². The zero-order chi connectivity index (χ0) is 6.81. The van der Waals surface area contributed by atoms with Crippen LogP contribution in [0.5, 0.6) is 5.75 Å². The fourth-order valence-electron chi connectivity index (χ4n) is 1.06. The second kappa shape index (κ2) is 2.31. The van der Waals surface area contributed by atoms with Gasteiger partial charge in [-0.1, -0.05) is 18.2 Å². The first-order valence-electron chi connectivity index (χ1n) is 3.31. The Morgan fingerprint density at radius 1 is 1.30 bits per heavy atom. The van der Waals surface area contributed by atoms with Gasteiger partial charge in [0.1, 0.15) is 5.75 Å². The Hall–Kier alpha value is -1.02. The largest absolute Gasteiger partial charge is 0.477 e. The lowest BCUT2D eigenvalue weighted by atomic mass is 10.2. The summed E-state index contributed by atoms with van der Waals surface area (Å²) >= 11 is 0. The smallest absolute Gasteiger partial charge is 0.154 e. The Kier molecular flexibility index (Phi) is 1.32. The lowest BCUT2D eigenvalue weighted by molar-refractivity contribution is 0.252. The van der Waals surface area contributed by atoms with Crippen molar-refractivity contribution in [3.05, 3.63) is 29.8 Å². The highest BCUT2D eigenvalue weighted by Crippen LogP contribution is 2.19. The van der Waals surface area contributed by atoms with Gasteiger partial charge < -0.3 is 4.74 Å². The first-order valence-corrected chi connectivity index (χ1v) is 3.31. The molecule has 2 rings (SSSR count). The van der Waals surface area contributed by atoms with Crippen LogP contribution >= 0.6 is 0 Å². The van der Waals surface area contributed by atoms with Crippen molar-refractivity contribution >= 4 is 0 Å². The van der Waals surface area contributed by atoms with E-state index >= 15 is 0 Å². The molecular weight excluding hydrogens is 126 g/mol. The average Bonchev–Trinajstić information content (AvgIpc) is 2.05. The molecule has 1 aromatic carbocycles. The molecule has 0 bridgehead atoms. The summed E-state index contributed by atoms with van der Waals surface area (Å²) in [5.74, 6) is 0.984. The molecule has 0 atom stereocenters. The van der Waals surface area contributed by atoms with Crippen LogP contribution in [-0.4, -0.2) is 6.73 Å². The SMILES string of the molecule is c1ccc2c(c1)C[N]CO2. The molecule has 0 spiro atoms. The molecule has 2 nitrogen and oxygen atoms in total. The van der Waals surface area contributed by atoms with Crippen molar-refractivity contribution in [1.29, 1.82) is 0 Å². The van der Waals surface area contributed by atoms with Crippen LogP contribution in [0, 0.1) is 0 Å². The normalized spacial score (nSPS) is 15.6. The van der Waals surface area contributed by atoms with E-state index in [2.05, 4.69) is 5.32 Å². The van der Waals surface area contributed by atoms with Crippen molar-refractivity contribution < 1.29 is 4.74 Å². The van der Waals surface area contributed by atoms with Gasteiger partial charge in [-0.15, -0.1) is 0 Å². The molecular formula is C8H8NO. The van der Waals surface area contributed by atoms with E-state index in [-0.39, 0.29) is 0 Å². The highest BCUT2D eigenvalue weighted by atomic mass is 16.5. The minimum atomic E-state index is 0.511. The standard InChI is InChI=1S/C8H8NO/c1-2-4-8-7(3-1)5-9-6-10-8/h1-4H,5-6H2. The maximum absolute atomic E-state index is 5.26. The van der Waals surface area contributed by atoms with E-state index in [9.17, 15) is 0 Å². The number of para-hydroxylation sites is 1. The van der Waals surface area contributed by atoms with E-state index < -0.39 is 0 Å². The van der Waals surface area contributed by atoms with E-state index in [1.807, 2.05) is 24.3 Å². The number of nitrogens with zero attached hydrogens (tertiary/aromatic N) is 1. The van der Waals surface area contributed by atoms with Gasteiger partial charge in [0.15, 0.2) is 6.73 Å². The van der Waals surface area contributed by atoms with Crippen LogP contribution in [-0.2, 0) is 6.54 Å². The van der Waals surface area contributed by atoms with Crippen molar-refractivity contribution in [3.63, 3.8) is 0 Å². The number of hydrogen-bond acceptors (Lipinski definition) is 1. The zero-order valence-corrected chi connectivity index (χ0v) is 5.58. The number of hydrogen-bond donors (Lipinski definition) is 0. The molecule has 0 unspecified atom stereocenters. The lowest BCUT2D eigenvalue weighted by Crippen LogP contribution is -2.18. The van der Waals surface area contributed by atoms with Crippen LogP contribution in [0.25, 0.3) is 0 Å². The fourth-order valence-corrected chi connectivity index (χ4v) is 1.06. The topological polar surface area (TPSA) is 23.3 Å². The van der Waals surface area contributed by atoms with Gasteiger partial charge in [-0.25, -0.2) is 0 Å². The van der Waals surface area contributed by atoms with Crippen molar-refractivity contribution in [2.45, 2.75) is 6.54 Å². The summed E-state index contributed by atoms with van der Waals surface area (Å²) in [7, 11) is 0. The maximum atomic E-state index is 5.26. The summed E-state index contributed by atoms with van der Waals surface area (Å²) in [4.78, 5) is 0. The van der Waals surface area contributed by atoms with Crippen molar-refractivity contribution in [1.82, 2.24) is 5.32 Å². The molecule has 1 heterocycles. The third-order valence-corrected chi connectivity index (χ3v) is 1.57. The third kappa shape index (κ3) is 0.866. The molecule has 1 radical (unpaired) electrons. The fraction of sp³-hybridized carbons (Fsp3) is 0.250. The van der Waals surface area contributed by atoms with Crippen molar-refractivity contribution in [2.75, 3.05) is 6.73 Å². The molecule has 0 aliphatic carbocycles. The predicted octanol–water partition coefficient (Wildman–Crippen LogP) is 1.14. The first-order chi connectivity index (χ1) is 4.97. The summed E-state index contributed by atoms with van der Waals surface area (Å²) in [5, 5.41) is 4.10. The van der Waals surface area contributed by atoms with Crippen LogP contribution in [0.4, 0.5) is 0 Å². The van der Waals surface area contributed by atoms with Crippen molar-refractivity contribution in [2.24, 2.45) is 0 Å². The minimum Gasteiger partial charge on any atom is -0.477 e. The molecule has 2 heteroatoms. The Morgan fingerprint density at radius 3 is 3.10 bits per heavy atom. The highest BCUT2D eigenvalue weighted by molar-refractivity contribution is 5.33. The van der Waals surface area contributed by atoms with Gasteiger partial charge in [-0.3, -0.25) is 0 Å². The molecule has 0 saturated heterocycles. The molecule has 1 aliphatic heterocycles. The molecule has 1 aromatic rings. The second-order valence-corrected chi connectivity index (χ2v) is 2.26. The van der Waals surface area contributed by atoms with E-state index in [0.29, 0.717) is 6.73 Å². The minimum absolute atomic E-state index is 0.511. The molecule has 0 amide bonds. The first kappa shape index (κ1) is 5.74. The zero-order valence-electron chi connectivity index (χ0n) is 5.58. The molecule has 0 saturated carbocycles. The van der Waals surface area contributed by atoms with Crippen LogP contribution in [0.2, 0.25) is 0 Å². The Morgan fingerprint density at radius 2 is 2.20 bits per heavy atom.